The Morgan fingerprint density at radius 2 is 2.23 bits per heavy atom. The summed E-state index contributed by atoms with van der Waals surface area (Å²) in [5, 5.41) is 0. The van der Waals surface area contributed by atoms with Crippen LogP contribution in [0.4, 0.5) is 0 Å². The van der Waals surface area contributed by atoms with Crippen molar-refractivity contribution in [3.63, 3.8) is 0 Å². The molecule has 0 bridgehead atoms. The molecule has 0 saturated carbocycles. The second-order valence-electron chi connectivity index (χ2n) is 2.92. The number of Topliss-reactive ketones (excluding diaryl/α,β-unsaturated/α-hetero) is 1. The van der Waals surface area contributed by atoms with E-state index in [0.29, 0.717) is 12.8 Å². The van der Waals surface area contributed by atoms with Crippen LogP contribution >= 0.6 is 0 Å². The van der Waals surface area contributed by atoms with Crippen LogP contribution in [-0.4, -0.2) is 12.9 Å². The first-order valence-corrected chi connectivity index (χ1v) is 4.41. The average molecular weight is 178 g/mol. The molecule has 1 aromatic rings. The zero-order valence-electron chi connectivity index (χ0n) is 8.04. The van der Waals surface area contributed by atoms with Crippen LogP contribution in [-0.2, 0) is 11.2 Å². The summed E-state index contributed by atoms with van der Waals surface area (Å²) < 4.78 is 5.06. The zero-order chi connectivity index (χ0) is 9.68. The number of benzene rings is 1. The number of rotatable bonds is 4. The smallest absolute Gasteiger partial charge is 0.136 e. The third kappa shape index (κ3) is 2.90. The van der Waals surface area contributed by atoms with Gasteiger partial charge in [0.1, 0.15) is 11.5 Å². The van der Waals surface area contributed by atoms with Crippen LogP contribution in [0.2, 0.25) is 0 Å². The van der Waals surface area contributed by atoms with Gasteiger partial charge in [0.15, 0.2) is 0 Å². The van der Waals surface area contributed by atoms with Gasteiger partial charge in [-0.05, 0) is 17.7 Å². The molecule has 0 radical (unpaired) electrons. The molecule has 0 unspecified atom stereocenters. The highest BCUT2D eigenvalue weighted by Gasteiger charge is 2.01. The van der Waals surface area contributed by atoms with Crippen molar-refractivity contribution in [2.45, 2.75) is 19.8 Å². The first-order valence-electron chi connectivity index (χ1n) is 4.41. The van der Waals surface area contributed by atoms with Crippen LogP contribution < -0.4 is 4.74 Å². The Kier molecular flexibility index (Phi) is 3.50. The lowest BCUT2D eigenvalue weighted by molar-refractivity contribution is -0.118. The zero-order valence-corrected chi connectivity index (χ0v) is 8.04. The quantitative estimate of drug-likeness (QED) is 0.706. The van der Waals surface area contributed by atoms with Gasteiger partial charge >= 0.3 is 0 Å². The Labute approximate surface area is 78.5 Å². The van der Waals surface area contributed by atoms with Crippen molar-refractivity contribution in [2.75, 3.05) is 7.11 Å². The van der Waals surface area contributed by atoms with Crippen molar-refractivity contribution in [1.29, 1.82) is 0 Å². The lowest BCUT2D eigenvalue weighted by atomic mass is 10.1. The van der Waals surface area contributed by atoms with E-state index >= 15 is 0 Å². The summed E-state index contributed by atoms with van der Waals surface area (Å²) in [5.41, 5.74) is 1.02. The van der Waals surface area contributed by atoms with E-state index in [2.05, 4.69) is 0 Å². The number of carbonyl (C=O) groups excluding carboxylic acids is 1. The predicted molar refractivity (Wildman–Crippen MR) is 52.0 cm³/mol. The summed E-state index contributed by atoms with van der Waals surface area (Å²) in [5.74, 6) is 1.06. The number of hydrogen-bond acceptors (Lipinski definition) is 2. The average Bonchev–Trinajstić information content (AvgIpc) is 2.18. The molecule has 0 aliphatic rings. The maximum Gasteiger partial charge on any atom is 0.136 e. The third-order valence-corrected chi connectivity index (χ3v) is 1.93. The predicted octanol–water partition coefficient (Wildman–Crippen LogP) is 2.22. The largest absolute Gasteiger partial charge is 0.497 e. The van der Waals surface area contributed by atoms with Crippen LogP contribution in [0.5, 0.6) is 5.75 Å². The Hall–Kier alpha value is -1.31. The van der Waals surface area contributed by atoms with Gasteiger partial charge in [0.05, 0.1) is 7.11 Å². The van der Waals surface area contributed by atoms with E-state index in [1.165, 1.54) is 0 Å². The van der Waals surface area contributed by atoms with Gasteiger partial charge in [-0.2, -0.15) is 0 Å². The van der Waals surface area contributed by atoms with Crippen molar-refractivity contribution >= 4 is 5.78 Å². The molecule has 0 N–H and O–H groups in total. The number of hydrogen-bond donors (Lipinski definition) is 0. The van der Waals surface area contributed by atoms with Gasteiger partial charge in [-0.3, -0.25) is 4.79 Å². The molecule has 0 amide bonds. The van der Waals surface area contributed by atoms with Crippen LogP contribution in [0.3, 0.4) is 0 Å². The minimum atomic E-state index is 0.258. The molecule has 2 heteroatoms. The standard InChI is InChI=1S/C11H14O2/c1-3-10(12)7-9-5-4-6-11(8-9)13-2/h4-6,8H,3,7H2,1-2H3. The van der Waals surface area contributed by atoms with Crippen molar-refractivity contribution in [1.82, 2.24) is 0 Å². The molecule has 0 heterocycles. The summed E-state index contributed by atoms with van der Waals surface area (Å²) in [7, 11) is 1.63. The fourth-order valence-corrected chi connectivity index (χ4v) is 1.14. The van der Waals surface area contributed by atoms with Crippen molar-refractivity contribution < 1.29 is 9.53 Å². The summed E-state index contributed by atoms with van der Waals surface area (Å²) in [6.45, 7) is 1.88. The Morgan fingerprint density at radius 3 is 2.85 bits per heavy atom. The second-order valence-corrected chi connectivity index (χ2v) is 2.92. The summed E-state index contributed by atoms with van der Waals surface area (Å²) >= 11 is 0. The lowest BCUT2D eigenvalue weighted by Crippen LogP contribution is -2.00. The van der Waals surface area contributed by atoms with Gasteiger partial charge in [0, 0.05) is 12.8 Å². The maximum atomic E-state index is 11.1. The van der Waals surface area contributed by atoms with Crippen LogP contribution in [0.25, 0.3) is 0 Å². The molecule has 0 aromatic heterocycles. The molecule has 0 aliphatic heterocycles. The number of methoxy groups -OCH3 is 1. The molecule has 0 aliphatic carbocycles. The van der Waals surface area contributed by atoms with E-state index in [1.807, 2.05) is 31.2 Å². The summed E-state index contributed by atoms with van der Waals surface area (Å²) in [6, 6.07) is 7.61. The highest BCUT2D eigenvalue weighted by atomic mass is 16.5. The van der Waals surface area contributed by atoms with Crippen LogP contribution in [0, 0.1) is 0 Å². The van der Waals surface area contributed by atoms with E-state index in [-0.39, 0.29) is 5.78 Å². The molecule has 0 fully saturated rings. The minimum absolute atomic E-state index is 0.258. The van der Waals surface area contributed by atoms with E-state index in [9.17, 15) is 4.79 Å². The van der Waals surface area contributed by atoms with Crippen molar-refractivity contribution in [3.8, 4) is 5.75 Å². The molecule has 0 spiro atoms. The van der Waals surface area contributed by atoms with Crippen molar-refractivity contribution in [2.24, 2.45) is 0 Å². The number of ketones is 1. The van der Waals surface area contributed by atoms with E-state index in [4.69, 9.17) is 4.74 Å². The molecule has 0 saturated heterocycles. The molecule has 1 aromatic carbocycles. The van der Waals surface area contributed by atoms with E-state index in [1.54, 1.807) is 7.11 Å². The Morgan fingerprint density at radius 1 is 1.46 bits per heavy atom. The minimum Gasteiger partial charge on any atom is -0.497 e. The van der Waals surface area contributed by atoms with Crippen LogP contribution in [0.15, 0.2) is 24.3 Å². The molecule has 13 heavy (non-hydrogen) atoms. The monoisotopic (exact) mass is 178 g/mol. The van der Waals surface area contributed by atoms with Gasteiger partial charge in [0.25, 0.3) is 0 Å². The van der Waals surface area contributed by atoms with Gasteiger partial charge in [-0.25, -0.2) is 0 Å². The highest BCUT2D eigenvalue weighted by molar-refractivity contribution is 5.80. The topological polar surface area (TPSA) is 26.3 Å². The SMILES string of the molecule is CCC(=O)Cc1cccc(OC)c1. The van der Waals surface area contributed by atoms with Gasteiger partial charge < -0.3 is 4.74 Å². The summed E-state index contributed by atoms with van der Waals surface area (Å²) in [6.07, 6.45) is 1.10. The molecular formula is C11H14O2. The van der Waals surface area contributed by atoms with E-state index < -0.39 is 0 Å². The molecular weight excluding hydrogens is 164 g/mol. The fourth-order valence-electron chi connectivity index (χ4n) is 1.14. The highest BCUT2D eigenvalue weighted by Crippen LogP contribution is 2.13. The number of ether oxygens (including phenoxy) is 1. The summed E-state index contributed by atoms with van der Waals surface area (Å²) in [4.78, 5) is 11.1. The normalized spacial score (nSPS) is 9.69. The van der Waals surface area contributed by atoms with Gasteiger partial charge in [0.2, 0.25) is 0 Å². The Bertz CT molecular complexity index is 292. The Balaban J connectivity index is 2.71. The second kappa shape index (κ2) is 4.65. The molecule has 70 valence electrons. The first kappa shape index (κ1) is 9.78. The number of carbonyl (C=O) groups is 1. The molecule has 1 rings (SSSR count). The van der Waals surface area contributed by atoms with Crippen LogP contribution in [0.1, 0.15) is 18.9 Å². The third-order valence-electron chi connectivity index (χ3n) is 1.93. The fraction of sp³-hybridized carbons (Fsp3) is 0.364. The van der Waals surface area contributed by atoms with Crippen molar-refractivity contribution in [3.05, 3.63) is 29.8 Å². The molecule has 2 nitrogen and oxygen atoms in total. The first-order chi connectivity index (χ1) is 6.26. The van der Waals surface area contributed by atoms with Gasteiger partial charge in [-0.15, -0.1) is 0 Å². The van der Waals surface area contributed by atoms with E-state index in [0.717, 1.165) is 11.3 Å². The lowest BCUT2D eigenvalue weighted by Gasteiger charge is -2.02. The molecule has 0 atom stereocenters. The maximum absolute atomic E-state index is 11.1. The van der Waals surface area contributed by atoms with Gasteiger partial charge in [-0.1, -0.05) is 19.1 Å².